The molecular weight excluding hydrogens is 265 g/mol. The number of aldehydes is 1. The Morgan fingerprint density at radius 1 is 1.42 bits per heavy atom. The van der Waals surface area contributed by atoms with Gasteiger partial charge in [0.1, 0.15) is 23.5 Å². The lowest BCUT2D eigenvalue weighted by atomic mass is 10.2. The first kappa shape index (κ1) is 15.2. The van der Waals surface area contributed by atoms with Gasteiger partial charge >= 0.3 is 12.3 Å². The maximum Gasteiger partial charge on any atom is 0.420 e. The van der Waals surface area contributed by atoms with Gasteiger partial charge in [-0.3, -0.25) is 4.79 Å². The molecule has 0 radical (unpaired) electrons. The van der Waals surface area contributed by atoms with Crippen LogP contribution in [-0.2, 0) is 11.2 Å². The molecule has 1 aromatic heterocycles. The summed E-state index contributed by atoms with van der Waals surface area (Å²) in [7, 11) is 0. The lowest BCUT2D eigenvalue weighted by Crippen LogP contribution is -2.29. The topological polar surface area (TPSA) is 61.2 Å². The van der Waals surface area contributed by atoms with E-state index in [-0.39, 0.29) is 12.0 Å². The predicted octanol–water partition coefficient (Wildman–Crippen LogP) is 2.58. The Kier molecular flexibility index (Phi) is 4.02. The average Bonchev–Trinajstić information content (AvgIpc) is 2.55. The second-order valence-electron chi connectivity index (χ2n) is 4.84. The number of hydrogen-bond acceptors (Lipinski definition) is 4. The Bertz CT molecular complexity index is 486. The summed E-state index contributed by atoms with van der Waals surface area (Å²) in [5.74, 6) is -0.580. The number of halogens is 3. The van der Waals surface area contributed by atoms with Crippen molar-refractivity contribution in [3.63, 3.8) is 0 Å². The maximum absolute atomic E-state index is 12.3. The molecule has 0 bridgehead atoms. The number of alkyl halides is 3. The molecule has 19 heavy (non-hydrogen) atoms. The molecule has 1 aromatic rings. The number of carbonyl (C=O) groups excluding carboxylic acids is 2. The SMILES string of the molecule is CC(C)(C)OC(=O)n1cc(C=O)nc1CC(F)(F)F. The molecule has 8 heteroatoms. The quantitative estimate of drug-likeness (QED) is 0.780. The summed E-state index contributed by atoms with van der Waals surface area (Å²) in [6, 6.07) is 0. The zero-order valence-electron chi connectivity index (χ0n) is 10.6. The highest BCUT2D eigenvalue weighted by atomic mass is 19.4. The van der Waals surface area contributed by atoms with Gasteiger partial charge in [-0.05, 0) is 20.8 Å². The number of nitrogens with zero attached hydrogens (tertiary/aromatic N) is 2. The molecule has 0 unspecified atom stereocenters. The minimum Gasteiger partial charge on any atom is -0.443 e. The van der Waals surface area contributed by atoms with Gasteiger partial charge in [-0.15, -0.1) is 0 Å². The number of imidazole rings is 1. The summed E-state index contributed by atoms with van der Waals surface area (Å²) >= 11 is 0. The van der Waals surface area contributed by atoms with Crippen molar-refractivity contribution in [2.75, 3.05) is 0 Å². The van der Waals surface area contributed by atoms with Crippen molar-refractivity contribution >= 4 is 12.4 Å². The van der Waals surface area contributed by atoms with Gasteiger partial charge in [0.2, 0.25) is 0 Å². The van der Waals surface area contributed by atoms with Crippen LogP contribution in [0.4, 0.5) is 18.0 Å². The van der Waals surface area contributed by atoms with E-state index in [4.69, 9.17) is 4.74 Å². The van der Waals surface area contributed by atoms with Crippen LogP contribution in [0.2, 0.25) is 0 Å². The fraction of sp³-hybridized carbons (Fsp3) is 0.545. The van der Waals surface area contributed by atoms with Gasteiger partial charge in [0.15, 0.2) is 6.29 Å². The fourth-order valence-electron chi connectivity index (χ4n) is 1.27. The molecule has 0 aliphatic heterocycles. The van der Waals surface area contributed by atoms with Crippen molar-refractivity contribution in [2.24, 2.45) is 0 Å². The molecule has 0 amide bonds. The van der Waals surface area contributed by atoms with E-state index in [1.165, 1.54) is 0 Å². The number of ether oxygens (including phenoxy) is 1. The van der Waals surface area contributed by atoms with E-state index >= 15 is 0 Å². The lowest BCUT2D eigenvalue weighted by molar-refractivity contribution is -0.128. The molecule has 106 valence electrons. The molecule has 0 aliphatic rings. The Labute approximate surface area is 107 Å². The van der Waals surface area contributed by atoms with Crippen LogP contribution in [-0.4, -0.2) is 33.7 Å². The molecule has 0 spiro atoms. The van der Waals surface area contributed by atoms with Crippen LogP contribution in [0.3, 0.4) is 0 Å². The van der Waals surface area contributed by atoms with Crippen LogP contribution in [0, 0.1) is 0 Å². The highest BCUT2D eigenvalue weighted by Gasteiger charge is 2.32. The summed E-state index contributed by atoms with van der Waals surface area (Å²) in [6.45, 7) is 4.73. The van der Waals surface area contributed by atoms with Crippen molar-refractivity contribution in [1.29, 1.82) is 0 Å². The van der Waals surface area contributed by atoms with Gasteiger partial charge in [-0.1, -0.05) is 0 Å². The Morgan fingerprint density at radius 3 is 2.42 bits per heavy atom. The summed E-state index contributed by atoms with van der Waals surface area (Å²) in [4.78, 5) is 25.7. The van der Waals surface area contributed by atoms with Gasteiger partial charge < -0.3 is 4.74 Å². The van der Waals surface area contributed by atoms with E-state index in [0.29, 0.717) is 4.57 Å². The monoisotopic (exact) mass is 278 g/mol. The van der Waals surface area contributed by atoms with Gasteiger partial charge in [-0.2, -0.15) is 13.2 Å². The predicted molar refractivity (Wildman–Crippen MR) is 59.0 cm³/mol. The minimum absolute atomic E-state index is 0.259. The second kappa shape index (κ2) is 5.02. The summed E-state index contributed by atoms with van der Waals surface area (Å²) in [6.07, 6.45) is -5.78. The van der Waals surface area contributed by atoms with Crippen molar-refractivity contribution in [1.82, 2.24) is 9.55 Å². The van der Waals surface area contributed by atoms with Crippen LogP contribution in [0.5, 0.6) is 0 Å². The third-order valence-corrected chi connectivity index (χ3v) is 1.87. The smallest absolute Gasteiger partial charge is 0.420 e. The molecular formula is C11H13F3N2O3. The zero-order valence-corrected chi connectivity index (χ0v) is 10.6. The highest BCUT2D eigenvalue weighted by molar-refractivity contribution is 5.77. The molecule has 0 fully saturated rings. The molecule has 1 heterocycles. The lowest BCUT2D eigenvalue weighted by Gasteiger charge is -2.20. The van der Waals surface area contributed by atoms with Crippen molar-refractivity contribution in [3.05, 3.63) is 17.7 Å². The molecule has 0 aromatic carbocycles. The largest absolute Gasteiger partial charge is 0.443 e. The fourth-order valence-corrected chi connectivity index (χ4v) is 1.27. The Hall–Kier alpha value is -1.86. The van der Waals surface area contributed by atoms with Crippen LogP contribution in [0.25, 0.3) is 0 Å². The molecule has 0 saturated carbocycles. The second-order valence-corrected chi connectivity index (χ2v) is 4.84. The maximum atomic E-state index is 12.3. The molecule has 5 nitrogen and oxygen atoms in total. The summed E-state index contributed by atoms with van der Waals surface area (Å²) < 4.78 is 42.6. The average molecular weight is 278 g/mol. The Morgan fingerprint density at radius 2 is 2.00 bits per heavy atom. The van der Waals surface area contributed by atoms with Gasteiger partial charge in [-0.25, -0.2) is 14.3 Å². The van der Waals surface area contributed by atoms with Crippen molar-refractivity contribution < 1.29 is 27.5 Å². The van der Waals surface area contributed by atoms with Crippen LogP contribution < -0.4 is 0 Å². The number of rotatable bonds is 2. The zero-order chi connectivity index (χ0) is 14.8. The summed E-state index contributed by atoms with van der Waals surface area (Å²) in [5.41, 5.74) is -1.12. The van der Waals surface area contributed by atoms with Crippen molar-refractivity contribution in [3.8, 4) is 0 Å². The van der Waals surface area contributed by atoms with E-state index < -0.39 is 30.1 Å². The normalized spacial score (nSPS) is 12.3. The van der Waals surface area contributed by atoms with Gasteiger partial charge in [0, 0.05) is 6.20 Å². The molecule has 0 aliphatic carbocycles. The number of hydrogen-bond donors (Lipinski definition) is 0. The molecule has 0 atom stereocenters. The van der Waals surface area contributed by atoms with Crippen LogP contribution >= 0.6 is 0 Å². The third kappa shape index (κ3) is 4.72. The van der Waals surface area contributed by atoms with Crippen molar-refractivity contribution in [2.45, 2.75) is 39.0 Å². The highest BCUT2D eigenvalue weighted by Crippen LogP contribution is 2.21. The molecule has 0 N–H and O–H groups in total. The van der Waals surface area contributed by atoms with E-state index in [0.717, 1.165) is 6.20 Å². The van der Waals surface area contributed by atoms with Gasteiger partial charge in [0.25, 0.3) is 0 Å². The van der Waals surface area contributed by atoms with E-state index in [2.05, 4.69) is 4.98 Å². The van der Waals surface area contributed by atoms with Crippen LogP contribution in [0.1, 0.15) is 37.1 Å². The third-order valence-electron chi connectivity index (χ3n) is 1.87. The minimum atomic E-state index is -4.54. The first-order chi connectivity index (χ1) is 8.52. The van der Waals surface area contributed by atoms with Gasteiger partial charge in [0.05, 0.1) is 0 Å². The molecule has 1 rings (SSSR count). The molecule has 0 saturated heterocycles. The summed E-state index contributed by atoms with van der Waals surface area (Å²) in [5, 5.41) is 0. The van der Waals surface area contributed by atoms with E-state index in [9.17, 15) is 22.8 Å². The van der Waals surface area contributed by atoms with Crippen LogP contribution in [0.15, 0.2) is 6.20 Å². The first-order valence-electron chi connectivity index (χ1n) is 5.35. The first-order valence-corrected chi connectivity index (χ1v) is 5.35. The number of aromatic nitrogens is 2. The number of carbonyl (C=O) groups is 2. The van der Waals surface area contributed by atoms with E-state index in [1.54, 1.807) is 20.8 Å². The standard InChI is InChI=1S/C11H13F3N2O3/c1-10(2,3)19-9(18)16-5-7(6-17)15-8(16)4-11(12,13)14/h5-6H,4H2,1-3H3. The Balaban J connectivity index is 3.08. The van der Waals surface area contributed by atoms with E-state index in [1.807, 2.05) is 0 Å².